The Labute approximate surface area is 346 Å². The number of aromatic nitrogens is 5. The number of hydrogen-bond acceptors (Lipinski definition) is 8. The fourth-order valence-corrected chi connectivity index (χ4v) is 8.57. The van der Waals surface area contributed by atoms with Crippen LogP contribution in [0.2, 0.25) is 5.02 Å². The summed E-state index contributed by atoms with van der Waals surface area (Å²) in [7, 11) is -2.38. The Bertz CT molecular complexity index is 2920. The smallest absolute Gasteiger partial charge is 0.435 e. The molecular weight excluding hydrogens is 859 g/mol. The van der Waals surface area contributed by atoms with Crippen molar-refractivity contribution in [1.29, 1.82) is 0 Å². The molecular formula is C40H31ClF7N7O5S. The van der Waals surface area contributed by atoms with E-state index in [2.05, 4.69) is 32.1 Å². The lowest BCUT2D eigenvalue weighted by Crippen LogP contribution is -2.35. The third-order valence-electron chi connectivity index (χ3n) is 10.4. The molecule has 0 aliphatic heterocycles. The second kappa shape index (κ2) is 14.6. The van der Waals surface area contributed by atoms with Crippen molar-refractivity contribution in [3.8, 4) is 23.0 Å². The van der Waals surface area contributed by atoms with E-state index in [0.29, 0.717) is 10.7 Å². The second-order valence-corrected chi connectivity index (χ2v) is 17.2. The Morgan fingerprint density at radius 2 is 1.80 bits per heavy atom. The number of carbonyl (C=O) groups excluding carboxylic acids is 1. The number of fused-ring (bicyclic) bond motifs is 4. The molecule has 21 heteroatoms. The second-order valence-electron chi connectivity index (χ2n) is 15.0. The van der Waals surface area contributed by atoms with Gasteiger partial charge in [0.2, 0.25) is 15.9 Å². The fraction of sp³-hybridized carbons (Fsp3) is 0.300. The molecule has 1 saturated carbocycles. The van der Waals surface area contributed by atoms with Crippen molar-refractivity contribution in [3.63, 3.8) is 0 Å². The zero-order chi connectivity index (χ0) is 44.0. The zero-order valence-electron chi connectivity index (χ0n) is 31.9. The number of furan rings is 1. The molecule has 61 heavy (non-hydrogen) atoms. The number of sulfonamides is 1. The highest BCUT2D eigenvalue weighted by Gasteiger charge is 2.68. The topological polar surface area (TPSA) is 157 Å². The van der Waals surface area contributed by atoms with Crippen molar-refractivity contribution >= 4 is 44.3 Å². The van der Waals surface area contributed by atoms with Gasteiger partial charge in [-0.2, -0.15) is 32.1 Å². The first-order valence-electron chi connectivity index (χ1n) is 18.3. The summed E-state index contributed by atoms with van der Waals surface area (Å²) in [5, 5.41) is 21.7. The fourth-order valence-electron chi connectivity index (χ4n) is 7.83. The predicted octanol–water partition coefficient (Wildman–Crippen LogP) is 7.32. The Kier molecular flexibility index (Phi) is 10.0. The first-order chi connectivity index (χ1) is 28.5. The molecule has 0 bridgehead atoms. The van der Waals surface area contributed by atoms with E-state index in [0.717, 1.165) is 18.4 Å². The number of halogens is 8. The van der Waals surface area contributed by atoms with Gasteiger partial charge < -0.3 is 14.8 Å². The highest BCUT2D eigenvalue weighted by atomic mass is 35.5. The molecule has 318 valence electrons. The molecule has 1 fully saturated rings. The van der Waals surface area contributed by atoms with E-state index in [9.17, 15) is 40.3 Å². The van der Waals surface area contributed by atoms with Gasteiger partial charge in [-0.15, -0.1) is 0 Å². The summed E-state index contributed by atoms with van der Waals surface area (Å²) >= 11 is 6.59. The minimum Gasteiger partial charge on any atom is -0.465 e. The molecule has 12 nitrogen and oxygen atoms in total. The number of rotatable bonds is 10. The van der Waals surface area contributed by atoms with E-state index >= 15 is 8.78 Å². The number of aliphatic hydroxyl groups is 1. The minimum absolute atomic E-state index is 0.0246. The summed E-state index contributed by atoms with van der Waals surface area (Å²) in [6, 6.07) is 10.0. The Morgan fingerprint density at radius 1 is 1.10 bits per heavy atom. The molecule has 0 saturated heterocycles. The van der Waals surface area contributed by atoms with Crippen molar-refractivity contribution in [2.75, 3.05) is 11.0 Å². The molecule has 0 radical (unpaired) electrons. The van der Waals surface area contributed by atoms with E-state index in [4.69, 9.17) is 21.0 Å². The summed E-state index contributed by atoms with van der Waals surface area (Å²) in [4.78, 5) is 18.7. The van der Waals surface area contributed by atoms with Crippen LogP contribution < -0.4 is 10.0 Å². The van der Waals surface area contributed by atoms with Gasteiger partial charge in [-0.25, -0.2) is 22.2 Å². The first kappa shape index (κ1) is 41.8. The van der Waals surface area contributed by atoms with Gasteiger partial charge in [0.1, 0.15) is 35.3 Å². The lowest BCUT2D eigenvalue weighted by molar-refractivity contribution is -0.142. The maximum Gasteiger partial charge on any atom is 0.435 e. The summed E-state index contributed by atoms with van der Waals surface area (Å²) in [5.41, 5.74) is -4.43. The van der Waals surface area contributed by atoms with Crippen molar-refractivity contribution in [3.05, 3.63) is 117 Å². The van der Waals surface area contributed by atoms with Crippen LogP contribution in [-0.2, 0) is 52.5 Å². The van der Waals surface area contributed by atoms with Crippen LogP contribution in [0.25, 0.3) is 22.0 Å². The molecule has 2 aliphatic carbocycles. The average molecular weight is 890 g/mol. The van der Waals surface area contributed by atoms with Crippen LogP contribution in [0.4, 0.5) is 36.6 Å². The van der Waals surface area contributed by atoms with E-state index in [-0.39, 0.29) is 62.0 Å². The third-order valence-corrected chi connectivity index (χ3v) is 11.3. The number of aryl methyl sites for hydroxylation is 1. The highest BCUT2D eigenvalue weighted by Crippen LogP contribution is 2.68. The molecule has 8 rings (SSSR count). The number of anilines is 1. The molecule has 2 aromatic carbocycles. The number of hydrogen-bond donors (Lipinski definition) is 3. The molecule has 0 spiro atoms. The molecule has 4 atom stereocenters. The maximum atomic E-state index is 15.5. The maximum absolute atomic E-state index is 15.5. The number of nitrogens with one attached hydrogen (secondary N) is 2. The highest BCUT2D eigenvalue weighted by molar-refractivity contribution is 7.92. The van der Waals surface area contributed by atoms with Gasteiger partial charge in [0.15, 0.2) is 17.1 Å². The first-order valence-corrected chi connectivity index (χ1v) is 20.5. The largest absolute Gasteiger partial charge is 0.465 e. The number of amides is 1. The minimum atomic E-state index is -5.10. The van der Waals surface area contributed by atoms with Gasteiger partial charge in [-0.05, 0) is 79.6 Å². The van der Waals surface area contributed by atoms with E-state index in [1.807, 2.05) is 0 Å². The van der Waals surface area contributed by atoms with Gasteiger partial charge in [0.05, 0.1) is 40.2 Å². The number of pyridine rings is 1. The normalized spacial score (nSPS) is 18.2. The van der Waals surface area contributed by atoms with E-state index in [1.54, 1.807) is 0 Å². The van der Waals surface area contributed by atoms with Crippen LogP contribution >= 0.6 is 11.6 Å². The van der Waals surface area contributed by atoms with Crippen molar-refractivity contribution in [2.24, 2.45) is 13.0 Å². The van der Waals surface area contributed by atoms with Gasteiger partial charge in [0.25, 0.3) is 5.92 Å². The summed E-state index contributed by atoms with van der Waals surface area (Å²) in [6.07, 6.45) is -3.47. The third kappa shape index (κ3) is 7.92. The molecule has 2 aliphatic rings. The predicted molar refractivity (Wildman–Crippen MR) is 205 cm³/mol. The van der Waals surface area contributed by atoms with Crippen molar-refractivity contribution in [1.82, 2.24) is 29.9 Å². The Morgan fingerprint density at radius 3 is 2.46 bits per heavy atom. The van der Waals surface area contributed by atoms with E-state index in [1.165, 1.54) is 61.3 Å². The SMILES string of the molecule is Cn1nc(NS(C)(=O)=O)c2c(Cl)ccc(-c3ccc(C#CC(C)(O)c4ccco4)nc3C(Cc3cc(F)cc(F)c3)NC(=O)Cn3nc(C(F)(F)F)c4c3C(F)(F)[C@@H]3C[C@H]43)c21. The van der Waals surface area contributed by atoms with Crippen LogP contribution in [0.3, 0.4) is 0 Å². The molecule has 4 aromatic heterocycles. The molecule has 4 heterocycles. The van der Waals surface area contributed by atoms with Crippen molar-refractivity contribution < 1.29 is 53.5 Å². The summed E-state index contributed by atoms with van der Waals surface area (Å²) in [6.45, 7) is 0.240. The van der Waals surface area contributed by atoms with Gasteiger partial charge in [-0.3, -0.25) is 18.9 Å². The lowest BCUT2D eigenvalue weighted by atomic mass is 9.93. The molecule has 2 unspecified atom stereocenters. The molecule has 3 N–H and O–H groups in total. The van der Waals surface area contributed by atoms with Gasteiger partial charge >= 0.3 is 6.18 Å². The monoisotopic (exact) mass is 889 g/mol. The van der Waals surface area contributed by atoms with Gasteiger partial charge in [0, 0.05) is 35.7 Å². The molecule has 1 amide bonds. The number of nitrogens with zero attached hydrogens (tertiary/aromatic N) is 5. The lowest BCUT2D eigenvalue weighted by Gasteiger charge is -2.23. The Balaban J connectivity index is 1.29. The summed E-state index contributed by atoms with van der Waals surface area (Å²) < 4.78 is 136. The Hall–Kier alpha value is -5.91. The quantitative estimate of drug-likeness (QED) is 0.0955. The number of carbonyl (C=O) groups is 1. The van der Waals surface area contributed by atoms with Crippen LogP contribution in [0.1, 0.15) is 65.0 Å². The van der Waals surface area contributed by atoms with Crippen LogP contribution in [0.15, 0.2) is 65.3 Å². The number of alkyl halides is 5. The van der Waals surface area contributed by atoms with Crippen LogP contribution in [0.5, 0.6) is 0 Å². The van der Waals surface area contributed by atoms with Gasteiger partial charge in [-0.1, -0.05) is 23.6 Å². The zero-order valence-corrected chi connectivity index (χ0v) is 33.4. The van der Waals surface area contributed by atoms with Crippen LogP contribution in [-0.4, -0.2) is 50.2 Å². The van der Waals surface area contributed by atoms with Crippen LogP contribution in [0, 0.1) is 29.4 Å². The molecule has 6 aromatic rings. The van der Waals surface area contributed by atoms with Crippen molar-refractivity contribution in [2.45, 2.75) is 56.0 Å². The summed E-state index contributed by atoms with van der Waals surface area (Å²) in [5.74, 6) is -3.88. The average Bonchev–Trinajstić information content (AvgIpc) is 3.41. The number of benzene rings is 2. The standard InChI is InChI=1S/C40H31ClF7N7O5S/c1-38(57,29-5-4-12-60-29)11-10-22-6-7-23(24-8-9-27(41)32-34(24)54(2)52-37(32)53-61(3,58)59)33(49-22)28(15-19-13-20(42)16-21(43)14-19)50-30(56)18-55-36-31(35(51-55)40(46,47)48)25-17-26(25)39(36,44)45/h4-9,12-14,16,25-26,28,57H,15,17-18H2,1-3H3,(H,50,56)(H,52,53)/t25-,26+,28?,38?/m0/s1. The van der Waals surface area contributed by atoms with E-state index < -0.39 is 93.1 Å².